The minimum atomic E-state index is -0.828. The monoisotopic (exact) mass is 273 g/mol. The molecule has 0 amide bonds. The van der Waals surface area contributed by atoms with Crippen LogP contribution < -0.4 is 4.90 Å². The van der Waals surface area contributed by atoms with Crippen molar-refractivity contribution >= 4 is 11.7 Å². The SMILES string of the molecule is Cc1ccc(N(CCc2nccn2C)CC(=O)O)cc1. The molecule has 0 aliphatic heterocycles. The van der Waals surface area contributed by atoms with Gasteiger partial charge in [-0.25, -0.2) is 4.98 Å². The van der Waals surface area contributed by atoms with Crippen molar-refractivity contribution in [3.63, 3.8) is 0 Å². The first-order valence-corrected chi connectivity index (χ1v) is 6.56. The van der Waals surface area contributed by atoms with Crippen LogP contribution in [-0.4, -0.2) is 33.7 Å². The van der Waals surface area contributed by atoms with Crippen molar-refractivity contribution in [3.8, 4) is 0 Å². The number of aromatic nitrogens is 2. The van der Waals surface area contributed by atoms with E-state index in [1.54, 1.807) is 6.20 Å². The maximum absolute atomic E-state index is 11.0. The van der Waals surface area contributed by atoms with Crippen LogP contribution >= 0.6 is 0 Å². The van der Waals surface area contributed by atoms with Gasteiger partial charge < -0.3 is 14.6 Å². The van der Waals surface area contributed by atoms with E-state index in [1.165, 1.54) is 0 Å². The van der Waals surface area contributed by atoms with Gasteiger partial charge in [-0.1, -0.05) is 17.7 Å². The van der Waals surface area contributed by atoms with Gasteiger partial charge in [-0.15, -0.1) is 0 Å². The Kier molecular flexibility index (Phi) is 4.40. The van der Waals surface area contributed by atoms with Gasteiger partial charge in [0.25, 0.3) is 0 Å². The zero-order valence-electron chi connectivity index (χ0n) is 11.8. The quantitative estimate of drug-likeness (QED) is 0.873. The number of hydrogen-bond donors (Lipinski definition) is 1. The topological polar surface area (TPSA) is 58.4 Å². The van der Waals surface area contributed by atoms with Crippen molar-refractivity contribution in [1.82, 2.24) is 9.55 Å². The highest BCUT2D eigenvalue weighted by Crippen LogP contribution is 2.15. The molecule has 0 spiro atoms. The molecule has 1 aromatic carbocycles. The van der Waals surface area contributed by atoms with Crippen molar-refractivity contribution in [3.05, 3.63) is 48.0 Å². The fourth-order valence-electron chi connectivity index (χ4n) is 2.09. The molecule has 0 unspecified atom stereocenters. The smallest absolute Gasteiger partial charge is 0.323 e. The van der Waals surface area contributed by atoms with Crippen LogP contribution in [0.2, 0.25) is 0 Å². The van der Waals surface area contributed by atoms with Crippen molar-refractivity contribution in [2.75, 3.05) is 18.0 Å². The van der Waals surface area contributed by atoms with Gasteiger partial charge >= 0.3 is 5.97 Å². The third-order valence-corrected chi connectivity index (χ3v) is 3.25. The van der Waals surface area contributed by atoms with E-state index >= 15 is 0 Å². The van der Waals surface area contributed by atoms with E-state index in [2.05, 4.69) is 4.98 Å². The van der Waals surface area contributed by atoms with E-state index in [1.807, 2.05) is 53.9 Å². The van der Waals surface area contributed by atoms with Gasteiger partial charge in [0.2, 0.25) is 0 Å². The Labute approximate surface area is 118 Å². The molecule has 2 aromatic rings. The number of nitrogens with zero attached hydrogens (tertiary/aromatic N) is 3. The fraction of sp³-hybridized carbons (Fsp3) is 0.333. The summed E-state index contributed by atoms with van der Waals surface area (Å²) in [7, 11) is 1.94. The fourth-order valence-corrected chi connectivity index (χ4v) is 2.09. The molecule has 5 heteroatoms. The summed E-state index contributed by atoms with van der Waals surface area (Å²) in [4.78, 5) is 17.1. The Balaban J connectivity index is 2.09. The molecule has 0 aliphatic carbocycles. The lowest BCUT2D eigenvalue weighted by molar-refractivity contribution is -0.135. The second-order valence-corrected chi connectivity index (χ2v) is 4.86. The molecular formula is C15H19N3O2. The molecule has 0 aliphatic rings. The summed E-state index contributed by atoms with van der Waals surface area (Å²) in [6.45, 7) is 2.63. The average Bonchev–Trinajstić information content (AvgIpc) is 2.81. The summed E-state index contributed by atoms with van der Waals surface area (Å²) in [6, 6.07) is 7.89. The van der Waals surface area contributed by atoms with Gasteiger partial charge in [0.1, 0.15) is 12.4 Å². The number of hydrogen-bond acceptors (Lipinski definition) is 3. The standard InChI is InChI=1S/C15H19N3O2/c1-12-3-5-13(6-4-12)18(11-15(19)20)9-7-14-16-8-10-17(14)2/h3-6,8,10H,7,9,11H2,1-2H3,(H,19,20). The van der Waals surface area contributed by atoms with Crippen LogP contribution in [0.3, 0.4) is 0 Å². The molecule has 1 aromatic heterocycles. The van der Waals surface area contributed by atoms with Crippen LogP contribution in [0.1, 0.15) is 11.4 Å². The minimum Gasteiger partial charge on any atom is -0.480 e. The molecule has 0 fully saturated rings. The number of imidazole rings is 1. The van der Waals surface area contributed by atoms with Crippen LogP contribution in [0.5, 0.6) is 0 Å². The first-order valence-electron chi connectivity index (χ1n) is 6.56. The summed E-state index contributed by atoms with van der Waals surface area (Å²) in [5.41, 5.74) is 2.08. The van der Waals surface area contributed by atoms with Crippen molar-refractivity contribution in [2.24, 2.45) is 7.05 Å². The number of rotatable bonds is 6. The second kappa shape index (κ2) is 6.23. The molecule has 0 atom stereocenters. The van der Waals surface area contributed by atoms with E-state index in [0.29, 0.717) is 13.0 Å². The van der Waals surface area contributed by atoms with Crippen molar-refractivity contribution < 1.29 is 9.90 Å². The highest BCUT2D eigenvalue weighted by Gasteiger charge is 2.11. The normalized spacial score (nSPS) is 10.5. The highest BCUT2D eigenvalue weighted by atomic mass is 16.4. The maximum Gasteiger partial charge on any atom is 0.323 e. The van der Waals surface area contributed by atoms with Gasteiger partial charge in [0.15, 0.2) is 0 Å². The lowest BCUT2D eigenvalue weighted by atomic mass is 10.2. The van der Waals surface area contributed by atoms with E-state index in [0.717, 1.165) is 17.1 Å². The Morgan fingerprint density at radius 2 is 2.05 bits per heavy atom. The Bertz CT molecular complexity index is 575. The molecule has 0 saturated heterocycles. The third-order valence-electron chi connectivity index (χ3n) is 3.25. The van der Waals surface area contributed by atoms with Crippen LogP contribution in [0.15, 0.2) is 36.7 Å². The Hall–Kier alpha value is -2.30. The molecule has 20 heavy (non-hydrogen) atoms. The van der Waals surface area contributed by atoms with Crippen molar-refractivity contribution in [1.29, 1.82) is 0 Å². The van der Waals surface area contributed by atoms with Crippen LogP contribution in [-0.2, 0) is 18.3 Å². The number of carboxylic acids is 1. The lowest BCUT2D eigenvalue weighted by Gasteiger charge is -2.22. The summed E-state index contributed by atoms with van der Waals surface area (Å²) in [5.74, 6) is 0.123. The molecule has 5 nitrogen and oxygen atoms in total. The number of benzene rings is 1. The number of carbonyl (C=O) groups is 1. The number of anilines is 1. The molecule has 0 bridgehead atoms. The zero-order valence-corrected chi connectivity index (χ0v) is 11.8. The lowest BCUT2D eigenvalue weighted by Crippen LogP contribution is -2.32. The minimum absolute atomic E-state index is 0.00646. The van der Waals surface area contributed by atoms with Gasteiger partial charge in [-0.3, -0.25) is 4.79 Å². The predicted molar refractivity (Wildman–Crippen MR) is 77.9 cm³/mol. The second-order valence-electron chi connectivity index (χ2n) is 4.86. The average molecular weight is 273 g/mol. The molecular weight excluding hydrogens is 254 g/mol. The number of aryl methyl sites for hydroxylation is 2. The Morgan fingerprint density at radius 1 is 1.35 bits per heavy atom. The first-order chi connectivity index (χ1) is 9.56. The zero-order chi connectivity index (χ0) is 14.5. The van der Waals surface area contributed by atoms with Crippen LogP contribution in [0.25, 0.3) is 0 Å². The van der Waals surface area contributed by atoms with Crippen LogP contribution in [0, 0.1) is 6.92 Å². The van der Waals surface area contributed by atoms with Gasteiger partial charge in [0, 0.05) is 38.1 Å². The first kappa shape index (κ1) is 14.1. The van der Waals surface area contributed by atoms with E-state index in [9.17, 15) is 4.79 Å². The van der Waals surface area contributed by atoms with Gasteiger partial charge in [-0.05, 0) is 19.1 Å². The van der Waals surface area contributed by atoms with E-state index < -0.39 is 5.97 Å². The largest absolute Gasteiger partial charge is 0.480 e. The summed E-state index contributed by atoms with van der Waals surface area (Å²) < 4.78 is 1.95. The van der Waals surface area contributed by atoms with Crippen molar-refractivity contribution in [2.45, 2.75) is 13.3 Å². The highest BCUT2D eigenvalue weighted by molar-refractivity contribution is 5.73. The van der Waals surface area contributed by atoms with E-state index in [4.69, 9.17) is 5.11 Å². The summed E-state index contributed by atoms with van der Waals surface area (Å²) in [5, 5.41) is 9.05. The molecule has 0 saturated carbocycles. The summed E-state index contributed by atoms with van der Waals surface area (Å²) in [6.07, 6.45) is 4.36. The molecule has 0 radical (unpaired) electrons. The van der Waals surface area contributed by atoms with Gasteiger partial charge in [0.05, 0.1) is 0 Å². The van der Waals surface area contributed by atoms with Crippen LogP contribution in [0.4, 0.5) is 5.69 Å². The maximum atomic E-state index is 11.0. The molecule has 106 valence electrons. The number of aliphatic carboxylic acids is 1. The Morgan fingerprint density at radius 3 is 2.60 bits per heavy atom. The van der Waals surface area contributed by atoms with Gasteiger partial charge in [-0.2, -0.15) is 0 Å². The molecule has 1 N–H and O–H groups in total. The summed E-state index contributed by atoms with van der Waals surface area (Å²) >= 11 is 0. The molecule has 1 heterocycles. The third kappa shape index (κ3) is 3.60. The predicted octanol–water partition coefficient (Wildman–Crippen LogP) is 1.86. The number of carboxylic acid groups (broad SMARTS) is 1. The molecule has 2 rings (SSSR count). The van der Waals surface area contributed by atoms with E-state index in [-0.39, 0.29) is 6.54 Å².